The van der Waals surface area contributed by atoms with Crippen LogP contribution in [0.1, 0.15) is 0 Å². The van der Waals surface area contributed by atoms with Gasteiger partial charge in [-0.15, -0.1) is 12.4 Å². The molecule has 0 bridgehead atoms. The molecule has 0 radical (unpaired) electrons. The quantitative estimate of drug-likeness (QED) is 0.694. The summed E-state index contributed by atoms with van der Waals surface area (Å²) in [7, 11) is 0. The average molecular weight is 215 g/mol. The number of nitrogens with zero attached hydrogens (tertiary/aromatic N) is 1. The Morgan fingerprint density at radius 2 is 2.00 bits per heavy atom. The van der Waals surface area contributed by atoms with E-state index in [2.05, 4.69) is 4.98 Å². The van der Waals surface area contributed by atoms with E-state index in [1.54, 1.807) is 24.3 Å². The Labute approximate surface area is 84.4 Å². The maximum absolute atomic E-state index is 11.1. The topological polar surface area (TPSA) is 75.1 Å². The van der Waals surface area contributed by atoms with Gasteiger partial charge in [0.25, 0.3) is 0 Å². The van der Waals surface area contributed by atoms with Gasteiger partial charge in [0.1, 0.15) is 0 Å². The molecule has 0 spiro atoms. The number of benzene rings is 1. The molecule has 0 aliphatic heterocycles. The lowest BCUT2D eigenvalue weighted by Crippen LogP contribution is -2.22. The van der Waals surface area contributed by atoms with Crippen LogP contribution in [0.4, 0.5) is 4.79 Å². The molecule has 0 aliphatic rings. The lowest BCUT2D eigenvalue weighted by Gasteiger charge is -1.92. The van der Waals surface area contributed by atoms with Crippen LogP contribution < -0.4 is 5.69 Å². The van der Waals surface area contributed by atoms with Crippen molar-refractivity contribution in [3.8, 4) is 0 Å². The Kier molecular flexibility index (Phi) is 2.62. The molecular weight excluding hydrogens is 208 g/mol. The predicted molar refractivity (Wildman–Crippen MR) is 53.2 cm³/mol. The van der Waals surface area contributed by atoms with Crippen molar-refractivity contribution < 1.29 is 9.90 Å². The lowest BCUT2D eigenvalue weighted by atomic mass is 10.3. The van der Waals surface area contributed by atoms with Gasteiger partial charge in [-0.25, -0.2) is 9.59 Å². The number of nitrogens with one attached hydrogen (secondary N) is 1. The number of aromatic amines is 1. The van der Waals surface area contributed by atoms with Crippen molar-refractivity contribution in [1.82, 2.24) is 9.55 Å². The number of halogens is 1. The van der Waals surface area contributed by atoms with E-state index in [1.165, 1.54) is 0 Å². The second kappa shape index (κ2) is 3.55. The van der Waals surface area contributed by atoms with Gasteiger partial charge in [0.2, 0.25) is 0 Å². The summed E-state index contributed by atoms with van der Waals surface area (Å²) < 4.78 is 0.676. The van der Waals surface area contributed by atoms with Crippen LogP contribution in [0.3, 0.4) is 0 Å². The maximum Gasteiger partial charge on any atom is 0.420 e. The molecular formula is C8H7ClN2O3. The highest BCUT2D eigenvalue weighted by atomic mass is 35.5. The first-order valence-electron chi connectivity index (χ1n) is 3.63. The van der Waals surface area contributed by atoms with E-state index in [-0.39, 0.29) is 12.4 Å². The number of aromatic nitrogens is 2. The number of hydrogen-bond donors (Lipinski definition) is 2. The molecule has 2 aromatic rings. The molecule has 0 fully saturated rings. The maximum atomic E-state index is 11.1. The van der Waals surface area contributed by atoms with Crippen molar-refractivity contribution in [3.63, 3.8) is 0 Å². The Bertz CT molecular complexity index is 529. The molecule has 5 nitrogen and oxygen atoms in total. The highest BCUT2D eigenvalue weighted by molar-refractivity contribution is 5.85. The molecule has 6 heteroatoms. The van der Waals surface area contributed by atoms with E-state index in [0.29, 0.717) is 15.6 Å². The number of hydrogen-bond acceptors (Lipinski definition) is 2. The third-order valence-corrected chi connectivity index (χ3v) is 1.78. The normalized spacial score (nSPS) is 9.71. The van der Waals surface area contributed by atoms with E-state index in [0.717, 1.165) is 0 Å². The van der Waals surface area contributed by atoms with Gasteiger partial charge in [-0.05, 0) is 12.1 Å². The molecule has 74 valence electrons. The van der Waals surface area contributed by atoms with Gasteiger partial charge in [0.05, 0.1) is 11.0 Å². The van der Waals surface area contributed by atoms with Crippen molar-refractivity contribution in [3.05, 3.63) is 34.7 Å². The van der Waals surface area contributed by atoms with E-state index in [4.69, 9.17) is 5.11 Å². The number of carbonyl (C=O) groups is 1. The minimum absolute atomic E-state index is 0. The second-order valence-corrected chi connectivity index (χ2v) is 2.57. The van der Waals surface area contributed by atoms with Crippen LogP contribution in [0.5, 0.6) is 0 Å². The summed E-state index contributed by atoms with van der Waals surface area (Å²) in [5, 5.41) is 8.70. The molecule has 14 heavy (non-hydrogen) atoms. The molecule has 0 atom stereocenters. The highest BCUT2D eigenvalue weighted by Gasteiger charge is 2.10. The third-order valence-electron chi connectivity index (χ3n) is 1.78. The van der Waals surface area contributed by atoms with Crippen LogP contribution in [-0.4, -0.2) is 20.8 Å². The van der Waals surface area contributed by atoms with Crippen molar-refractivity contribution in [1.29, 1.82) is 0 Å². The summed E-state index contributed by atoms with van der Waals surface area (Å²) >= 11 is 0. The van der Waals surface area contributed by atoms with E-state index in [1.807, 2.05) is 0 Å². The highest BCUT2D eigenvalue weighted by Crippen LogP contribution is 2.07. The van der Waals surface area contributed by atoms with Crippen molar-refractivity contribution in [2.75, 3.05) is 0 Å². The lowest BCUT2D eigenvalue weighted by molar-refractivity contribution is 0.196. The number of para-hydroxylation sites is 2. The molecule has 0 aliphatic carbocycles. The number of H-pyrrole nitrogens is 1. The summed E-state index contributed by atoms with van der Waals surface area (Å²) in [6.45, 7) is 0. The summed E-state index contributed by atoms with van der Waals surface area (Å²) in [4.78, 5) is 24.2. The molecule has 0 amide bonds. The number of carboxylic acid groups (broad SMARTS) is 1. The Morgan fingerprint density at radius 3 is 2.64 bits per heavy atom. The fourth-order valence-corrected chi connectivity index (χ4v) is 1.24. The van der Waals surface area contributed by atoms with Gasteiger partial charge >= 0.3 is 11.8 Å². The van der Waals surface area contributed by atoms with Gasteiger partial charge in [-0.2, -0.15) is 4.57 Å². The zero-order chi connectivity index (χ0) is 9.42. The number of rotatable bonds is 0. The average Bonchev–Trinajstić information content (AvgIpc) is 2.39. The van der Waals surface area contributed by atoms with Gasteiger partial charge in [-0.1, -0.05) is 12.1 Å². The van der Waals surface area contributed by atoms with Crippen LogP contribution in [0.15, 0.2) is 29.1 Å². The van der Waals surface area contributed by atoms with Crippen LogP contribution in [0.25, 0.3) is 11.0 Å². The molecule has 1 aromatic heterocycles. The van der Waals surface area contributed by atoms with Gasteiger partial charge in [0.15, 0.2) is 0 Å². The Balaban J connectivity index is 0.000000980. The van der Waals surface area contributed by atoms with Gasteiger partial charge in [0, 0.05) is 0 Å². The molecule has 1 heterocycles. The van der Waals surface area contributed by atoms with Crippen LogP contribution >= 0.6 is 12.4 Å². The molecule has 0 unspecified atom stereocenters. The zero-order valence-electron chi connectivity index (χ0n) is 6.93. The van der Waals surface area contributed by atoms with Crippen LogP contribution in [0, 0.1) is 0 Å². The summed E-state index contributed by atoms with van der Waals surface area (Å²) in [5.74, 6) is 0. The zero-order valence-corrected chi connectivity index (χ0v) is 7.75. The van der Waals surface area contributed by atoms with Crippen molar-refractivity contribution in [2.24, 2.45) is 0 Å². The number of imidazole rings is 1. The second-order valence-electron chi connectivity index (χ2n) is 2.57. The molecule has 1 aromatic carbocycles. The smallest absolute Gasteiger partial charge is 0.420 e. The molecule has 2 rings (SSSR count). The summed E-state index contributed by atoms with van der Waals surface area (Å²) in [5.41, 5.74) is 0.267. The molecule has 2 N–H and O–H groups in total. The van der Waals surface area contributed by atoms with E-state index >= 15 is 0 Å². The third kappa shape index (κ3) is 1.38. The minimum atomic E-state index is -1.28. The Hall–Kier alpha value is -1.75. The van der Waals surface area contributed by atoms with E-state index < -0.39 is 11.8 Å². The first-order chi connectivity index (χ1) is 6.20. The van der Waals surface area contributed by atoms with Crippen molar-refractivity contribution in [2.45, 2.75) is 0 Å². The monoisotopic (exact) mass is 214 g/mol. The SMILES string of the molecule is Cl.O=C(O)n1c(=O)[nH]c2ccccc21. The fraction of sp³-hybridized carbons (Fsp3) is 0. The summed E-state index contributed by atoms with van der Waals surface area (Å²) in [6.07, 6.45) is -1.28. The standard InChI is InChI=1S/C8H6N2O3.ClH/c11-7-9-5-3-1-2-4-6(5)10(7)8(12)13;/h1-4H,(H,9,11)(H,12,13);1H. The molecule has 0 saturated carbocycles. The van der Waals surface area contributed by atoms with Gasteiger partial charge in [-0.3, -0.25) is 0 Å². The van der Waals surface area contributed by atoms with Crippen LogP contribution in [-0.2, 0) is 0 Å². The number of fused-ring (bicyclic) bond motifs is 1. The fourth-order valence-electron chi connectivity index (χ4n) is 1.24. The van der Waals surface area contributed by atoms with Crippen molar-refractivity contribution >= 4 is 29.5 Å². The first kappa shape index (κ1) is 10.3. The Morgan fingerprint density at radius 1 is 1.36 bits per heavy atom. The minimum Gasteiger partial charge on any atom is -0.464 e. The predicted octanol–water partition coefficient (Wildman–Crippen LogP) is 1.28. The first-order valence-corrected chi connectivity index (χ1v) is 3.63. The molecule has 0 saturated heterocycles. The largest absolute Gasteiger partial charge is 0.464 e. The van der Waals surface area contributed by atoms with Gasteiger partial charge < -0.3 is 10.1 Å². The summed E-state index contributed by atoms with van der Waals surface area (Å²) in [6, 6.07) is 6.62. The van der Waals surface area contributed by atoms with Crippen LogP contribution in [0.2, 0.25) is 0 Å². The van der Waals surface area contributed by atoms with E-state index in [9.17, 15) is 9.59 Å².